The summed E-state index contributed by atoms with van der Waals surface area (Å²) in [5.74, 6) is 0.696. The van der Waals surface area contributed by atoms with Gasteiger partial charge < -0.3 is 10.0 Å². The van der Waals surface area contributed by atoms with E-state index < -0.39 is 12.0 Å². The summed E-state index contributed by atoms with van der Waals surface area (Å²) in [5, 5.41) is 9.25. The number of hydrogen-bond acceptors (Lipinski definition) is 3. The van der Waals surface area contributed by atoms with Crippen LogP contribution >= 0.6 is 11.8 Å². The lowest BCUT2D eigenvalue weighted by molar-refractivity contribution is -0.151. The van der Waals surface area contributed by atoms with Crippen LogP contribution in [0.5, 0.6) is 0 Å². The van der Waals surface area contributed by atoms with E-state index in [1.54, 1.807) is 16.7 Å². The molecule has 1 aliphatic carbocycles. The number of rotatable bonds is 2. The first kappa shape index (κ1) is 14.7. The zero-order valence-corrected chi connectivity index (χ0v) is 12.2. The van der Waals surface area contributed by atoms with Gasteiger partial charge in [0.1, 0.15) is 6.04 Å². The molecule has 1 saturated carbocycles. The molecule has 0 aromatic carbocycles. The van der Waals surface area contributed by atoms with E-state index in [0.29, 0.717) is 12.3 Å². The van der Waals surface area contributed by atoms with Crippen LogP contribution in [0.2, 0.25) is 0 Å². The third-order valence-corrected chi connectivity index (χ3v) is 5.17. The maximum Gasteiger partial charge on any atom is 0.327 e. The number of carbonyl (C=O) groups excluding carboxylic acids is 1. The van der Waals surface area contributed by atoms with Crippen LogP contribution in [0.3, 0.4) is 0 Å². The van der Waals surface area contributed by atoms with Crippen LogP contribution < -0.4 is 0 Å². The predicted octanol–water partition coefficient (Wildman–Crippen LogP) is 2.38. The fraction of sp³-hybridized carbons (Fsp3) is 0.857. The molecule has 5 heteroatoms. The Morgan fingerprint density at radius 2 is 1.68 bits per heavy atom. The van der Waals surface area contributed by atoms with Crippen molar-refractivity contribution in [3.63, 3.8) is 0 Å². The zero-order chi connectivity index (χ0) is 13.7. The molecule has 2 fully saturated rings. The second-order valence-electron chi connectivity index (χ2n) is 5.50. The summed E-state index contributed by atoms with van der Waals surface area (Å²) in [6.45, 7) is 0.594. The first-order valence-corrected chi connectivity index (χ1v) is 8.46. The van der Waals surface area contributed by atoms with E-state index in [1.807, 2.05) is 0 Å². The van der Waals surface area contributed by atoms with Crippen molar-refractivity contribution in [2.75, 3.05) is 18.1 Å². The van der Waals surface area contributed by atoms with Crippen molar-refractivity contribution in [1.29, 1.82) is 0 Å². The number of hydrogen-bond donors (Lipinski definition) is 1. The molecule has 0 aromatic heterocycles. The molecule has 19 heavy (non-hydrogen) atoms. The number of thioether (sulfide) groups is 1. The molecule has 0 aromatic rings. The molecule has 108 valence electrons. The maximum atomic E-state index is 12.6. The van der Waals surface area contributed by atoms with Gasteiger partial charge in [0.05, 0.1) is 0 Å². The van der Waals surface area contributed by atoms with Gasteiger partial charge in [0.25, 0.3) is 0 Å². The number of carbonyl (C=O) groups is 2. The van der Waals surface area contributed by atoms with Crippen LogP contribution in [-0.4, -0.2) is 46.0 Å². The summed E-state index contributed by atoms with van der Waals surface area (Å²) < 4.78 is 0. The molecule has 1 unspecified atom stereocenters. The summed E-state index contributed by atoms with van der Waals surface area (Å²) in [6, 6.07) is -0.614. The topological polar surface area (TPSA) is 57.6 Å². The minimum Gasteiger partial charge on any atom is -0.480 e. The SMILES string of the molecule is O=C(O)C1CSCCN1C(=O)C1CCCCCCC1. The maximum absolute atomic E-state index is 12.6. The van der Waals surface area contributed by atoms with Gasteiger partial charge in [-0.15, -0.1) is 0 Å². The predicted molar refractivity (Wildman–Crippen MR) is 76.3 cm³/mol. The van der Waals surface area contributed by atoms with E-state index >= 15 is 0 Å². The second kappa shape index (κ2) is 7.17. The average Bonchev–Trinajstić information content (AvgIpc) is 2.37. The Labute approximate surface area is 118 Å². The van der Waals surface area contributed by atoms with E-state index in [1.165, 1.54) is 19.3 Å². The van der Waals surface area contributed by atoms with Crippen molar-refractivity contribution in [3.05, 3.63) is 0 Å². The molecule has 4 nitrogen and oxygen atoms in total. The Morgan fingerprint density at radius 3 is 2.32 bits per heavy atom. The molecule has 0 radical (unpaired) electrons. The summed E-state index contributed by atoms with van der Waals surface area (Å²) in [6.07, 6.45) is 7.79. The number of nitrogens with zero attached hydrogens (tertiary/aromatic N) is 1. The van der Waals surface area contributed by atoms with Crippen LogP contribution in [0.1, 0.15) is 44.9 Å². The molecule has 2 aliphatic rings. The van der Waals surface area contributed by atoms with E-state index in [9.17, 15) is 14.7 Å². The van der Waals surface area contributed by atoms with Gasteiger partial charge in [-0.1, -0.05) is 32.1 Å². The van der Waals surface area contributed by atoms with E-state index in [-0.39, 0.29) is 11.8 Å². The summed E-state index contributed by atoms with van der Waals surface area (Å²) in [7, 11) is 0. The van der Waals surface area contributed by atoms with E-state index in [0.717, 1.165) is 31.4 Å². The van der Waals surface area contributed by atoms with Gasteiger partial charge in [0.15, 0.2) is 0 Å². The number of aliphatic carboxylic acids is 1. The third kappa shape index (κ3) is 3.88. The van der Waals surface area contributed by atoms with Crippen molar-refractivity contribution in [3.8, 4) is 0 Å². The van der Waals surface area contributed by atoms with Crippen LogP contribution in [0.15, 0.2) is 0 Å². The highest BCUT2D eigenvalue weighted by Gasteiger charge is 2.35. The minimum atomic E-state index is -0.855. The van der Waals surface area contributed by atoms with Crippen LogP contribution in [0, 0.1) is 5.92 Å². The minimum absolute atomic E-state index is 0.0604. The summed E-state index contributed by atoms with van der Waals surface area (Å²) >= 11 is 1.63. The van der Waals surface area contributed by atoms with Gasteiger partial charge in [-0.2, -0.15) is 11.8 Å². The lowest BCUT2D eigenvalue weighted by Crippen LogP contribution is -2.52. The Morgan fingerprint density at radius 1 is 1.05 bits per heavy atom. The highest BCUT2D eigenvalue weighted by molar-refractivity contribution is 7.99. The van der Waals surface area contributed by atoms with Crippen molar-refractivity contribution >= 4 is 23.6 Å². The van der Waals surface area contributed by atoms with Crippen LogP contribution in [-0.2, 0) is 9.59 Å². The van der Waals surface area contributed by atoms with Crippen molar-refractivity contribution < 1.29 is 14.7 Å². The van der Waals surface area contributed by atoms with Crippen LogP contribution in [0.4, 0.5) is 0 Å². The fourth-order valence-corrected chi connectivity index (χ4v) is 4.05. The van der Waals surface area contributed by atoms with Gasteiger partial charge >= 0.3 is 5.97 Å². The Bertz CT molecular complexity index is 327. The van der Waals surface area contributed by atoms with E-state index in [2.05, 4.69) is 0 Å². The molecule has 0 bridgehead atoms. The van der Waals surface area contributed by atoms with Gasteiger partial charge in [-0.25, -0.2) is 4.79 Å². The standard InChI is InChI=1S/C14H23NO3S/c16-13(11-6-4-2-1-3-5-7-11)15-8-9-19-10-12(15)14(17)18/h11-12H,1-10H2,(H,17,18). The Hall–Kier alpha value is -0.710. The second-order valence-corrected chi connectivity index (χ2v) is 6.65. The molecular formula is C14H23NO3S. The summed E-state index contributed by atoms with van der Waals surface area (Å²) in [5.41, 5.74) is 0. The smallest absolute Gasteiger partial charge is 0.327 e. The largest absolute Gasteiger partial charge is 0.480 e. The third-order valence-electron chi connectivity index (χ3n) is 4.15. The van der Waals surface area contributed by atoms with Crippen molar-refractivity contribution in [2.45, 2.75) is 51.0 Å². The number of amides is 1. The Balaban J connectivity index is 2.00. The van der Waals surface area contributed by atoms with Crippen molar-refractivity contribution in [1.82, 2.24) is 4.90 Å². The van der Waals surface area contributed by atoms with Gasteiger partial charge in [-0.05, 0) is 12.8 Å². The lowest BCUT2D eigenvalue weighted by atomic mass is 9.90. The monoisotopic (exact) mass is 285 g/mol. The summed E-state index contributed by atoms with van der Waals surface area (Å²) in [4.78, 5) is 25.5. The number of carboxylic acids is 1. The molecule has 1 aliphatic heterocycles. The molecule has 2 rings (SSSR count). The van der Waals surface area contributed by atoms with Gasteiger partial charge in [0.2, 0.25) is 5.91 Å². The first-order chi connectivity index (χ1) is 9.20. The van der Waals surface area contributed by atoms with E-state index in [4.69, 9.17) is 0 Å². The normalized spacial score (nSPS) is 26.5. The van der Waals surface area contributed by atoms with Crippen molar-refractivity contribution in [2.24, 2.45) is 5.92 Å². The molecule has 1 atom stereocenters. The van der Waals surface area contributed by atoms with Crippen LogP contribution in [0.25, 0.3) is 0 Å². The number of carboxylic acid groups (broad SMARTS) is 1. The molecule has 1 N–H and O–H groups in total. The quantitative estimate of drug-likeness (QED) is 0.846. The van der Waals surface area contributed by atoms with Gasteiger partial charge in [-0.3, -0.25) is 4.79 Å². The first-order valence-electron chi connectivity index (χ1n) is 7.31. The fourth-order valence-electron chi connectivity index (χ4n) is 3.01. The highest BCUT2D eigenvalue weighted by atomic mass is 32.2. The molecular weight excluding hydrogens is 262 g/mol. The zero-order valence-electron chi connectivity index (χ0n) is 11.3. The van der Waals surface area contributed by atoms with Gasteiger partial charge in [0, 0.05) is 24.0 Å². The average molecular weight is 285 g/mol. The highest BCUT2D eigenvalue weighted by Crippen LogP contribution is 2.27. The lowest BCUT2D eigenvalue weighted by Gasteiger charge is -2.35. The Kier molecular flexibility index (Phi) is 5.55. The molecule has 1 saturated heterocycles. The molecule has 0 spiro atoms. The molecule has 1 amide bonds. The molecule has 1 heterocycles.